The lowest BCUT2D eigenvalue weighted by molar-refractivity contribution is 1.11. The fourth-order valence-corrected chi connectivity index (χ4v) is 1.47. The number of anilines is 1. The van der Waals surface area contributed by atoms with Gasteiger partial charge in [0.15, 0.2) is 0 Å². The van der Waals surface area contributed by atoms with Crippen LogP contribution < -0.4 is 5.32 Å². The van der Waals surface area contributed by atoms with E-state index in [9.17, 15) is 0 Å². The Morgan fingerprint density at radius 3 is 2.67 bits per heavy atom. The standard InChI is InChI=1S/C12H11ClN2/c13-12-6-7-14-8-10(12)9-15-11-4-2-1-3-5-11/h1-8,15H,9H2. The van der Waals surface area contributed by atoms with E-state index < -0.39 is 0 Å². The van der Waals surface area contributed by atoms with E-state index in [0.29, 0.717) is 6.54 Å². The molecule has 0 atom stereocenters. The first-order chi connectivity index (χ1) is 7.36. The molecule has 1 aromatic carbocycles. The van der Waals surface area contributed by atoms with Crippen molar-refractivity contribution < 1.29 is 0 Å². The Labute approximate surface area is 93.9 Å². The molecule has 15 heavy (non-hydrogen) atoms. The number of hydrogen-bond acceptors (Lipinski definition) is 2. The molecular weight excluding hydrogens is 208 g/mol. The fraction of sp³-hybridized carbons (Fsp3) is 0.0833. The van der Waals surface area contributed by atoms with Gasteiger partial charge in [-0.3, -0.25) is 4.98 Å². The average molecular weight is 219 g/mol. The average Bonchev–Trinajstić information content (AvgIpc) is 2.29. The summed E-state index contributed by atoms with van der Waals surface area (Å²) in [5.41, 5.74) is 2.08. The topological polar surface area (TPSA) is 24.9 Å². The van der Waals surface area contributed by atoms with Crippen LogP contribution in [0.3, 0.4) is 0 Å². The van der Waals surface area contributed by atoms with E-state index >= 15 is 0 Å². The number of aromatic nitrogens is 1. The lowest BCUT2D eigenvalue weighted by Gasteiger charge is -2.06. The maximum atomic E-state index is 6.01. The molecule has 0 amide bonds. The van der Waals surface area contributed by atoms with Gasteiger partial charge >= 0.3 is 0 Å². The van der Waals surface area contributed by atoms with Crippen LogP contribution in [0, 0.1) is 0 Å². The van der Waals surface area contributed by atoms with Crippen molar-refractivity contribution in [3.63, 3.8) is 0 Å². The van der Waals surface area contributed by atoms with Crippen LogP contribution in [0.2, 0.25) is 5.02 Å². The van der Waals surface area contributed by atoms with Crippen LogP contribution >= 0.6 is 11.6 Å². The van der Waals surface area contributed by atoms with Gasteiger partial charge in [0, 0.05) is 35.2 Å². The maximum absolute atomic E-state index is 6.01. The van der Waals surface area contributed by atoms with Gasteiger partial charge in [-0.05, 0) is 18.2 Å². The maximum Gasteiger partial charge on any atom is 0.0486 e. The molecule has 0 saturated carbocycles. The summed E-state index contributed by atoms with van der Waals surface area (Å²) in [4.78, 5) is 4.03. The van der Waals surface area contributed by atoms with Gasteiger partial charge in [-0.1, -0.05) is 29.8 Å². The lowest BCUT2D eigenvalue weighted by atomic mass is 10.2. The number of para-hydroxylation sites is 1. The first-order valence-electron chi connectivity index (χ1n) is 4.73. The highest BCUT2D eigenvalue weighted by atomic mass is 35.5. The van der Waals surface area contributed by atoms with E-state index in [-0.39, 0.29) is 0 Å². The molecule has 0 bridgehead atoms. The number of halogens is 1. The fourth-order valence-electron chi connectivity index (χ4n) is 1.29. The van der Waals surface area contributed by atoms with Crippen LogP contribution in [-0.4, -0.2) is 4.98 Å². The first-order valence-corrected chi connectivity index (χ1v) is 5.11. The normalized spacial score (nSPS) is 9.93. The van der Waals surface area contributed by atoms with Crippen LogP contribution in [0.15, 0.2) is 48.8 Å². The third-order valence-electron chi connectivity index (χ3n) is 2.10. The molecule has 2 rings (SSSR count). The van der Waals surface area contributed by atoms with Crippen LogP contribution in [-0.2, 0) is 6.54 Å². The molecule has 0 radical (unpaired) electrons. The second-order valence-corrected chi connectivity index (χ2v) is 3.59. The smallest absolute Gasteiger partial charge is 0.0486 e. The molecule has 2 nitrogen and oxygen atoms in total. The molecule has 1 heterocycles. The SMILES string of the molecule is Clc1ccncc1CNc1ccccc1. The quantitative estimate of drug-likeness (QED) is 0.855. The summed E-state index contributed by atoms with van der Waals surface area (Å²) in [6.07, 6.45) is 3.46. The zero-order chi connectivity index (χ0) is 10.5. The number of benzene rings is 1. The zero-order valence-electron chi connectivity index (χ0n) is 8.15. The van der Waals surface area contributed by atoms with Crippen molar-refractivity contribution in [2.24, 2.45) is 0 Å². The van der Waals surface area contributed by atoms with Gasteiger partial charge in [0.05, 0.1) is 0 Å². The van der Waals surface area contributed by atoms with Crippen molar-refractivity contribution in [1.82, 2.24) is 4.98 Å². The van der Waals surface area contributed by atoms with Crippen LogP contribution in [0.5, 0.6) is 0 Å². The molecule has 0 aliphatic heterocycles. The van der Waals surface area contributed by atoms with E-state index in [2.05, 4.69) is 10.3 Å². The highest BCUT2D eigenvalue weighted by Crippen LogP contribution is 2.15. The van der Waals surface area contributed by atoms with E-state index in [1.165, 1.54) is 0 Å². The van der Waals surface area contributed by atoms with Gasteiger partial charge in [-0.15, -0.1) is 0 Å². The van der Waals surface area contributed by atoms with Gasteiger partial charge in [0.1, 0.15) is 0 Å². The number of pyridine rings is 1. The second-order valence-electron chi connectivity index (χ2n) is 3.19. The minimum absolute atomic E-state index is 0.691. The number of hydrogen-bond donors (Lipinski definition) is 1. The summed E-state index contributed by atoms with van der Waals surface area (Å²) >= 11 is 6.01. The van der Waals surface area contributed by atoms with E-state index in [1.54, 1.807) is 18.5 Å². The van der Waals surface area contributed by atoms with Crippen molar-refractivity contribution in [1.29, 1.82) is 0 Å². The summed E-state index contributed by atoms with van der Waals surface area (Å²) in [7, 11) is 0. The molecule has 0 unspecified atom stereocenters. The van der Waals surface area contributed by atoms with Crippen molar-refractivity contribution in [2.45, 2.75) is 6.54 Å². The molecule has 0 aliphatic carbocycles. The van der Waals surface area contributed by atoms with Gasteiger partial charge in [0.2, 0.25) is 0 Å². The Morgan fingerprint density at radius 1 is 1.13 bits per heavy atom. The van der Waals surface area contributed by atoms with Crippen LogP contribution in [0.4, 0.5) is 5.69 Å². The van der Waals surface area contributed by atoms with E-state index in [0.717, 1.165) is 16.3 Å². The number of nitrogens with zero attached hydrogens (tertiary/aromatic N) is 1. The molecule has 76 valence electrons. The third-order valence-corrected chi connectivity index (χ3v) is 2.47. The highest BCUT2D eigenvalue weighted by molar-refractivity contribution is 6.31. The number of rotatable bonds is 3. The molecule has 1 N–H and O–H groups in total. The first kappa shape index (κ1) is 9.99. The molecule has 0 fully saturated rings. The monoisotopic (exact) mass is 218 g/mol. The Kier molecular flexibility index (Phi) is 3.20. The largest absolute Gasteiger partial charge is 0.381 e. The van der Waals surface area contributed by atoms with Gasteiger partial charge in [-0.2, -0.15) is 0 Å². The number of nitrogens with one attached hydrogen (secondary N) is 1. The molecule has 3 heteroatoms. The van der Waals surface area contributed by atoms with Gasteiger partial charge in [0.25, 0.3) is 0 Å². The molecule has 2 aromatic rings. The van der Waals surface area contributed by atoms with Crippen molar-refractivity contribution in [2.75, 3.05) is 5.32 Å². The van der Waals surface area contributed by atoms with E-state index in [1.807, 2.05) is 30.3 Å². The van der Waals surface area contributed by atoms with Gasteiger partial charge < -0.3 is 5.32 Å². The van der Waals surface area contributed by atoms with Crippen molar-refractivity contribution >= 4 is 17.3 Å². The van der Waals surface area contributed by atoms with Crippen LogP contribution in [0.1, 0.15) is 5.56 Å². The third kappa shape index (κ3) is 2.70. The molecule has 0 aliphatic rings. The Bertz CT molecular complexity index is 429. The predicted octanol–water partition coefficient (Wildman–Crippen LogP) is 3.35. The summed E-state index contributed by atoms with van der Waals surface area (Å²) < 4.78 is 0. The van der Waals surface area contributed by atoms with Gasteiger partial charge in [-0.25, -0.2) is 0 Å². The molecular formula is C12H11ClN2. The van der Waals surface area contributed by atoms with Crippen molar-refractivity contribution in [3.05, 3.63) is 59.4 Å². The predicted molar refractivity (Wildman–Crippen MR) is 63.0 cm³/mol. The summed E-state index contributed by atoms with van der Waals surface area (Å²) in [5, 5.41) is 4.02. The summed E-state index contributed by atoms with van der Waals surface area (Å²) in [6, 6.07) is 11.8. The molecule has 1 aromatic heterocycles. The highest BCUT2D eigenvalue weighted by Gasteiger charge is 1.98. The minimum Gasteiger partial charge on any atom is -0.381 e. The molecule has 0 spiro atoms. The summed E-state index contributed by atoms with van der Waals surface area (Å²) in [6.45, 7) is 0.691. The zero-order valence-corrected chi connectivity index (χ0v) is 8.91. The van der Waals surface area contributed by atoms with Crippen LogP contribution in [0.25, 0.3) is 0 Å². The second kappa shape index (κ2) is 4.80. The Balaban J connectivity index is 2.03. The minimum atomic E-state index is 0.691. The Morgan fingerprint density at radius 2 is 1.93 bits per heavy atom. The Hall–Kier alpha value is -1.54. The summed E-state index contributed by atoms with van der Waals surface area (Å²) in [5.74, 6) is 0. The van der Waals surface area contributed by atoms with E-state index in [4.69, 9.17) is 11.6 Å². The van der Waals surface area contributed by atoms with Crippen molar-refractivity contribution in [3.8, 4) is 0 Å². The molecule has 0 saturated heterocycles. The lowest BCUT2D eigenvalue weighted by Crippen LogP contribution is -1.99.